The van der Waals surface area contributed by atoms with Crippen molar-refractivity contribution < 1.29 is 9.59 Å². The summed E-state index contributed by atoms with van der Waals surface area (Å²) in [4.78, 5) is 29.7. The summed E-state index contributed by atoms with van der Waals surface area (Å²) in [6.07, 6.45) is 2.62. The summed E-state index contributed by atoms with van der Waals surface area (Å²) in [5.74, 6) is 0.746. The van der Waals surface area contributed by atoms with Gasteiger partial charge in [-0.1, -0.05) is 13.8 Å². The number of likely N-dealkylation sites (N-methyl/N-ethyl adjacent to an activating group) is 1. The van der Waals surface area contributed by atoms with Gasteiger partial charge in [-0.2, -0.15) is 0 Å². The lowest BCUT2D eigenvalue weighted by molar-refractivity contribution is -0.152. The minimum atomic E-state index is -0.663. The van der Waals surface area contributed by atoms with Crippen molar-refractivity contribution in [2.75, 3.05) is 33.2 Å². The van der Waals surface area contributed by atoms with Gasteiger partial charge in [0.2, 0.25) is 5.91 Å². The van der Waals surface area contributed by atoms with Crippen molar-refractivity contribution >= 4 is 11.7 Å². The maximum atomic E-state index is 12.9. The zero-order valence-corrected chi connectivity index (χ0v) is 12.2. The fraction of sp³-hybridized carbons (Fsp3) is 0.867. The van der Waals surface area contributed by atoms with E-state index >= 15 is 0 Å². The van der Waals surface area contributed by atoms with Crippen molar-refractivity contribution in [3.63, 3.8) is 0 Å². The summed E-state index contributed by atoms with van der Waals surface area (Å²) in [5.41, 5.74) is -0.954. The Morgan fingerprint density at radius 3 is 2.37 bits per heavy atom. The number of amides is 1. The molecule has 2 atom stereocenters. The van der Waals surface area contributed by atoms with E-state index in [-0.39, 0.29) is 17.1 Å². The third-order valence-corrected chi connectivity index (χ3v) is 5.75. The number of carbonyl (C=O) groups is 2. The number of hydrogen-bond donors (Lipinski definition) is 0. The molecule has 4 nitrogen and oxygen atoms in total. The second kappa shape index (κ2) is 4.05. The van der Waals surface area contributed by atoms with Crippen LogP contribution in [-0.4, -0.2) is 54.7 Å². The van der Waals surface area contributed by atoms with Gasteiger partial charge >= 0.3 is 0 Å². The quantitative estimate of drug-likeness (QED) is 0.667. The highest BCUT2D eigenvalue weighted by Crippen LogP contribution is 2.60. The molecule has 2 unspecified atom stereocenters. The average molecular weight is 264 g/mol. The van der Waals surface area contributed by atoms with E-state index in [1.54, 1.807) is 0 Å². The molecule has 19 heavy (non-hydrogen) atoms. The lowest BCUT2D eigenvalue weighted by Crippen LogP contribution is -2.54. The summed E-state index contributed by atoms with van der Waals surface area (Å²) in [6, 6.07) is 0. The van der Waals surface area contributed by atoms with Gasteiger partial charge in [0.1, 0.15) is 5.41 Å². The Kier molecular flexibility index (Phi) is 2.79. The molecule has 0 radical (unpaired) electrons. The first-order chi connectivity index (χ1) is 8.88. The summed E-state index contributed by atoms with van der Waals surface area (Å²) in [7, 11) is 2.08. The monoisotopic (exact) mass is 264 g/mol. The molecule has 1 aliphatic heterocycles. The number of fused-ring (bicyclic) bond motifs is 2. The van der Waals surface area contributed by atoms with Gasteiger partial charge in [0.25, 0.3) is 0 Å². The molecule has 0 aromatic rings. The highest BCUT2D eigenvalue weighted by atomic mass is 16.2. The molecule has 3 fully saturated rings. The molecule has 2 aliphatic carbocycles. The van der Waals surface area contributed by atoms with Crippen LogP contribution >= 0.6 is 0 Å². The molecule has 0 aromatic heterocycles. The number of ketones is 1. The van der Waals surface area contributed by atoms with Gasteiger partial charge in [0.15, 0.2) is 5.78 Å². The summed E-state index contributed by atoms with van der Waals surface area (Å²) in [5, 5.41) is 0. The van der Waals surface area contributed by atoms with E-state index < -0.39 is 5.41 Å². The fourth-order valence-corrected chi connectivity index (χ4v) is 4.27. The Bertz CT molecular complexity index is 424. The Balaban J connectivity index is 1.82. The van der Waals surface area contributed by atoms with Crippen LogP contribution < -0.4 is 0 Å². The molecule has 106 valence electrons. The molecule has 1 heterocycles. The Hall–Kier alpha value is -0.900. The van der Waals surface area contributed by atoms with E-state index in [1.165, 1.54) is 0 Å². The largest absolute Gasteiger partial charge is 0.339 e. The first-order valence-corrected chi connectivity index (χ1v) is 7.41. The van der Waals surface area contributed by atoms with Crippen molar-refractivity contribution in [3.05, 3.63) is 0 Å². The zero-order chi connectivity index (χ0) is 13.8. The van der Waals surface area contributed by atoms with Crippen molar-refractivity contribution in [1.29, 1.82) is 0 Å². The molecule has 0 aromatic carbocycles. The predicted molar refractivity (Wildman–Crippen MR) is 72.6 cm³/mol. The summed E-state index contributed by atoms with van der Waals surface area (Å²) in [6.45, 7) is 7.44. The first kappa shape index (κ1) is 13.1. The van der Waals surface area contributed by atoms with Crippen molar-refractivity contribution in [3.8, 4) is 0 Å². The minimum absolute atomic E-state index is 0.124. The van der Waals surface area contributed by atoms with Gasteiger partial charge < -0.3 is 9.80 Å². The lowest BCUT2D eigenvalue weighted by atomic mass is 9.70. The zero-order valence-electron chi connectivity index (χ0n) is 12.2. The second-order valence-electron chi connectivity index (χ2n) is 7.17. The van der Waals surface area contributed by atoms with Gasteiger partial charge in [-0.05, 0) is 32.2 Å². The Morgan fingerprint density at radius 2 is 1.84 bits per heavy atom. The van der Waals surface area contributed by atoms with E-state index in [4.69, 9.17) is 0 Å². The third-order valence-electron chi connectivity index (χ3n) is 5.75. The second-order valence-corrected chi connectivity index (χ2v) is 7.17. The van der Waals surface area contributed by atoms with Crippen molar-refractivity contribution in [2.24, 2.45) is 16.7 Å². The normalized spacial score (nSPS) is 37.9. The van der Waals surface area contributed by atoms with Crippen LogP contribution in [-0.2, 0) is 9.59 Å². The Morgan fingerprint density at radius 1 is 1.21 bits per heavy atom. The standard InChI is InChI=1S/C15H24N2O2/c1-14(2)11-4-5-15(10-11,12(14)18)13(19)17-8-6-16(3)7-9-17/h11H,4-10H2,1-3H3. The molecule has 4 heteroatoms. The van der Waals surface area contributed by atoms with Crippen LogP contribution in [0.2, 0.25) is 0 Å². The maximum absolute atomic E-state index is 12.9. The maximum Gasteiger partial charge on any atom is 0.236 e. The molecule has 0 N–H and O–H groups in total. The SMILES string of the molecule is CN1CCN(C(=O)C23CCC(C2)C(C)(C)C3=O)CC1. The topological polar surface area (TPSA) is 40.6 Å². The van der Waals surface area contributed by atoms with Crippen LogP contribution in [0.5, 0.6) is 0 Å². The number of carbonyl (C=O) groups excluding carboxylic acids is 2. The van der Waals surface area contributed by atoms with E-state index in [0.29, 0.717) is 5.92 Å². The molecule has 2 saturated carbocycles. The molecule has 1 amide bonds. The van der Waals surface area contributed by atoms with Gasteiger partial charge in [-0.25, -0.2) is 0 Å². The highest BCUT2D eigenvalue weighted by molar-refractivity contribution is 6.10. The molecule has 1 saturated heterocycles. The number of hydrogen-bond acceptors (Lipinski definition) is 3. The molecule has 2 bridgehead atoms. The van der Waals surface area contributed by atoms with Gasteiger partial charge in [-0.3, -0.25) is 9.59 Å². The molecular weight excluding hydrogens is 240 g/mol. The van der Waals surface area contributed by atoms with E-state index in [9.17, 15) is 9.59 Å². The molecular formula is C15H24N2O2. The smallest absolute Gasteiger partial charge is 0.236 e. The lowest BCUT2D eigenvalue weighted by Gasteiger charge is -2.39. The van der Waals surface area contributed by atoms with Gasteiger partial charge in [0.05, 0.1) is 0 Å². The van der Waals surface area contributed by atoms with Crippen LogP contribution in [0.25, 0.3) is 0 Å². The molecule has 3 rings (SSSR count). The van der Waals surface area contributed by atoms with Crippen LogP contribution in [0, 0.1) is 16.7 Å². The van der Waals surface area contributed by atoms with Crippen molar-refractivity contribution in [1.82, 2.24) is 9.80 Å². The van der Waals surface area contributed by atoms with E-state index in [1.807, 2.05) is 18.7 Å². The van der Waals surface area contributed by atoms with Gasteiger partial charge in [-0.15, -0.1) is 0 Å². The van der Waals surface area contributed by atoms with Crippen LogP contribution in [0.15, 0.2) is 0 Å². The highest BCUT2D eigenvalue weighted by Gasteiger charge is 2.65. The fourth-order valence-electron chi connectivity index (χ4n) is 4.27. The Labute approximate surface area is 115 Å². The number of Topliss-reactive ketones (excluding diaryl/α,β-unsaturated/α-hetero) is 1. The third kappa shape index (κ3) is 1.69. The first-order valence-electron chi connectivity index (χ1n) is 7.41. The molecule has 0 spiro atoms. The molecule has 3 aliphatic rings. The van der Waals surface area contributed by atoms with Crippen LogP contribution in [0.3, 0.4) is 0 Å². The van der Waals surface area contributed by atoms with Crippen LogP contribution in [0.1, 0.15) is 33.1 Å². The number of piperazine rings is 1. The van der Waals surface area contributed by atoms with Crippen LogP contribution in [0.4, 0.5) is 0 Å². The minimum Gasteiger partial charge on any atom is -0.339 e. The van der Waals surface area contributed by atoms with Gasteiger partial charge in [0, 0.05) is 31.6 Å². The summed E-state index contributed by atoms with van der Waals surface area (Å²) >= 11 is 0. The van der Waals surface area contributed by atoms with E-state index in [2.05, 4.69) is 11.9 Å². The van der Waals surface area contributed by atoms with E-state index in [0.717, 1.165) is 45.4 Å². The summed E-state index contributed by atoms with van der Waals surface area (Å²) < 4.78 is 0. The predicted octanol–water partition coefficient (Wildman–Crippen LogP) is 1.16. The average Bonchev–Trinajstić information content (AvgIpc) is 2.90. The number of nitrogens with zero attached hydrogens (tertiary/aromatic N) is 2. The van der Waals surface area contributed by atoms with Crippen molar-refractivity contribution in [2.45, 2.75) is 33.1 Å². The number of rotatable bonds is 1.